The molecule has 8 aliphatic rings. The fraction of sp³-hybridized carbons (Fsp3) is 0.667. The predicted octanol–water partition coefficient (Wildman–Crippen LogP) is 9.85. The van der Waals surface area contributed by atoms with Crippen LogP contribution in [0.25, 0.3) is 44.7 Å². The molecule has 8 aliphatic heterocycles. The minimum atomic E-state index is -3.94. The molecule has 0 amide bonds. The van der Waals surface area contributed by atoms with Gasteiger partial charge in [0, 0.05) is 25.0 Å². The number of phosphoric ester groups is 4. The molecule has 0 aromatic carbocycles. The summed E-state index contributed by atoms with van der Waals surface area (Å²) >= 11 is 28.4. The van der Waals surface area contributed by atoms with Crippen molar-refractivity contribution in [2.45, 2.75) is 233 Å². The maximum absolute atomic E-state index is 13.0. The Hall–Kier alpha value is -6.77. The number of fused-ring (bicyclic) bond motifs is 8. The van der Waals surface area contributed by atoms with Gasteiger partial charge in [-0.25, -0.2) is 78.1 Å². The number of alkyl halides is 4. The number of aliphatic hydroxyl groups is 1. The average molecular weight is 1990 g/mol. The number of nitrogens with zero attached hydrogens (tertiary/aromatic N) is 16. The van der Waals surface area contributed by atoms with Crippen LogP contribution in [0.1, 0.15) is 147 Å². The van der Waals surface area contributed by atoms with Gasteiger partial charge in [-0.1, -0.05) is 11.8 Å². The summed E-state index contributed by atoms with van der Waals surface area (Å²) in [7, 11) is -15.6. The number of ether oxygens (including phenoxy) is 7. The third kappa shape index (κ3) is 22.3. The highest BCUT2D eigenvalue weighted by Crippen LogP contribution is 2.65. The van der Waals surface area contributed by atoms with Crippen molar-refractivity contribution in [3.8, 4) is 0 Å². The number of nitrogens with two attached hydrogens (primary N) is 4. The van der Waals surface area contributed by atoms with Crippen LogP contribution in [0.2, 0.25) is 0 Å². The molecule has 8 aromatic rings. The van der Waals surface area contributed by atoms with Crippen LogP contribution in [0, 0.1) is 5.41 Å². The third-order valence-electron chi connectivity index (χ3n) is 20.8. The van der Waals surface area contributed by atoms with Crippen LogP contribution in [0.5, 0.6) is 0 Å². The summed E-state index contributed by atoms with van der Waals surface area (Å²) in [5.74, 6) is 0.0635. The molecule has 20 atom stereocenters. The van der Waals surface area contributed by atoms with Crippen LogP contribution in [0.4, 0.5) is 23.3 Å². The quantitative estimate of drug-likeness (QED) is 0.0100. The zero-order valence-corrected chi connectivity index (χ0v) is 79.2. The molecule has 2 unspecified atom stereocenters. The first-order valence-electron chi connectivity index (χ1n) is 40.6. The van der Waals surface area contributed by atoms with E-state index in [0.29, 0.717) is 63.9 Å². The normalized spacial score (nSPS) is 32.3. The summed E-state index contributed by atoms with van der Waals surface area (Å²) in [6, 6.07) is 0. The number of esters is 3. The number of carbonyl (C=O) groups is 4. The molecule has 129 heavy (non-hydrogen) atoms. The van der Waals surface area contributed by atoms with Gasteiger partial charge in [-0.15, -0.1) is 46.4 Å². The highest BCUT2D eigenvalue weighted by molar-refractivity contribution is 8.13. The first kappa shape index (κ1) is 99.7. The number of rotatable bonds is 28. The van der Waals surface area contributed by atoms with Crippen molar-refractivity contribution >= 4 is 180 Å². The number of imidazole rings is 4. The molecule has 0 radical (unpaired) electrons. The summed E-state index contributed by atoms with van der Waals surface area (Å²) in [6.07, 6.45) is 3.38. The number of phosphoric acid groups is 4. The van der Waals surface area contributed by atoms with Crippen molar-refractivity contribution < 1.29 is 130 Å². The molecule has 0 bridgehead atoms. The van der Waals surface area contributed by atoms with Crippen molar-refractivity contribution in [2.75, 3.05) is 88.1 Å². The predicted molar refractivity (Wildman–Crippen MR) is 459 cm³/mol. The van der Waals surface area contributed by atoms with Gasteiger partial charge in [-0.05, 0) is 102 Å². The molecule has 57 heteroatoms. The van der Waals surface area contributed by atoms with Crippen molar-refractivity contribution in [1.29, 1.82) is 0 Å². The van der Waals surface area contributed by atoms with E-state index < -0.39 is 130 Å². The van der Waals surface area contributed by atoms with E-state index in [-0.39, 0.29) is 149 Å². The highest BCUT2D eigenvalue weighted by atomic mass is 35.5. The van der Waals surface area contributed by atoms with Crippen LogP contribution in [-0.2, 0) is 125 Å². The number of aromatic nitrogens is 16. The second kappa shape index (κ2) is 40.4. The lowest BCUT2D eigenvalue weighted by molar-refractivity contribution is -0.148. The van der Waals surface area contributed by atoms with E-state index in [2.05, 4.69) is 59.8 Å². The van der Waals surface area contributed by atoms with Crippen LogP contribution in [-0.4, -0.2) is 258 Å². The summed E-state index contributed by atoms with van der Waals surface area (Å²) < 4.78 is 164. The summed E-state index contributed by atoms with van der Waals surface area (Å²) in [4.78, 5) is 91.8. The summed E-state index contributed by atoms with van der Waals surface area (Å²) in [6.45, 7) is 20.2. The van der Waals surface area contributed by atoms with Crippen LogP contribution in [0.15, 0.2) is 50.6 Å². The molecule has 9 N–H and O–H groups in total. The summed E-state index contributed by atoms with van der Waals surface area (Å²) in [5.41, 5.74) is 26.0. The fourth-order valence-corrected chi connectivity index (χ4v) is 23.1. The molecule has 16 heterocycles. The third-order valence-corrected chi connectivity index (χ3v) is 29.4. The van der Waals surface area contributed by atoms with E-state index in [9.17, 15) is 42.5 Å². The first-order valence-corrected chi connectivity index (χ1v) is 48.9. The first-order chi connectivity index (χ1) is 60.8. The standard InChI is InChI=1S/C18H25ClN5O7PS.3C18H25ClN5O7P/c1-17(2,7-25)16(26)33-5-4-28-32(27)29-6-10-12(31-32)18(3,19)15(30-10)24-9-23-11-13(20)21-8-22-14(11)24;3*1-10(2)29-12(25)5-4-6-27-32(26)28-7-11-14(31-32)18(3,19)17(30-11)24-9-23-13-15(20)21-8-22-16(13)24/h8-10,12,15,25H,4-7H2,1-3H3,(H2,20,21,22);3*8-11,14,17H,4-7H2,1-3H3,(H2,20,21,22)/t10-,12-,15-,18-,32?;11-,14-,17-,18-,32?;11-,14-,17-,18-,32+;11-,14-,17-,18-,32-/m1111/s1. The Bertz CT molecular complexity index is 5180. The topological polar surface area (TPSA) is 611 Å². The molecule has 0 spiro atoms. The Kier molecular flexibility index (Phi) is 31.2. The van der Waals surface area contributed by atoms with Gasteiger partial charge < -0.3 is 61.2 Å². The maximum atomic E-state index is 13.0. The van der Waals surface area contributed by atoms with Gasteiger partial charge >= 0.3 is 49.2 Å². The van der Waals surface area contributed by atoms with E-state index >= 15 is 0 Å². The van der Waals surface area contributed by atoms with Crippen molar-refractivity contribution in [3.05, 3.63) is 50.6 Å². The molecule has 8 fully saturated rings. The molecule has 710 valence electrons. The average Bonchev–Trinajstić information content (AvgIpc) is 1.60. The second-order valence-electron chi connectivity index (χ2n) is 32.6. The molecule has 8 aromatic heterocycles. The summed E-state index contributed by atoms with van der Waals surface area (Å²) in [5, 5.41) is 9.07. The Balaban J connectivity index is 0.000000147. The molecule has 0 saturated carbocycles. The zero-order chi connectivity index (χ0) is 93.3. The van der Waals surface area contributed by atoms with Crippen LogP contribution < -0.4 is 22.9 Å². The lowest BCUT2D eigenvalue weighted by atomic mass is 9.97. The van der Waals surface area contributed by atoms with Crippen LogP contribution in [0.3, 0.4) is 0 Å². The Morgan fingerprint density at radius 2 is 0.674 bits per heavy atom. The van der Waals surface area contributed by atoms with E-state index in [4.69, 9.17) is 157 Å². The molecular weight excluding hydrogens is 1890 g/mol. The van der Waals surface area contributed by atoms with Gasteiger partial charge in [-0.3, -0.25) is 91.7 Å². The van der Waals surface area contributed by atoms with Gasteiger partial charge in [0.2, 0.25) is 0 Å². The SMILES string of the molecule is CC(C)(CO)C(=O)SCCOP1(=O)OC[C@H]2O[C@@H](n3cnc4c(N)ncnc43)[C@](C)(Cl)[C@@H]2O1.CC(C)OC(=O)CCCOP1(=O)OC[C@H]2O[C@@H](n3cnc4c(N)ncnc43)[C@](C)(Cl)[C@@H]2O1.CC(C)OC(=O)CCCO[P@@]1(=O)OC[C@H]2O[C@@H](n3cnc4c(N)ncnc43)[C@](C)(Cl)[C@@H]2O1.CC(C)OC(=O)CCCO[P@]1(=O)OC[C@H]2O[C@@H](n3cnc4c(N)ncnc43)[C@](C)(Cl)[C@@H]2O1. The zero-order valence-electron chi connectivity index (χ0n) is 71.7. The Morgan fingerprint density at radius 3 is 0.907 bits per heavy atom. The number of nitrogen functional groups attached to an aromatic ring is 4. The maximum Gasteiger partial charge on any atom is 0.475 e. The van der Waals surface area contributed by atoms with Gasteiger partial charge in [0.1, 0.15) is 116 Å². The molecule has 0 aliphatic carbocycles. The Labute approximate surface area is 761 Å². The van der Waals surface area contributed by atoms with Gasteiger partial charge in [-0.2, -0.15) is 0 Å². The molecule has 8 saturated heterocycles. The molecular formula is C72H100Cl4N20O28P4S. The van der Waals surface area contributed by atoms with E-state index in [1.165, 1.54) is 50.6 Å². The lowest BCUT2D eigenvalue weighted by Crippen LogP contribution is -2.44. The number of anilines is 4. The minimum Gasteiger partial charge on any atom is -0.463 e. The van der Waals surface area contributed by atoms with Gasteiger partial charge in [0.15, 0.2) is 75.9 Å². The highest BCUT2D eigenvalue weighted by Gasteiger charge is 2.65. The van der Waals surface area contributed by atoms with Gasteiger partial charge in [0.05, 0.1) is 108 Å². The molecule has 16 rings (SSSR count). The van der Waals surface area contributed by atoms with Crippen LogP contribution >= 0.6 is 89.5 Å². The Morgan fingerprint density at radius 1 is 0.434 bits per heavy atom. The number of hydrogen-bond donors (Lipinski definition) is 5. The minimum absolute atomic E-state index is 0.00645. The van der Waals surface area contributed by atoms with Crippen molar-refractivity contribution in [3.63, 3.8) is 0 Å². The number of hydrogen-bond acceptors (Lipinski definition) is 45. The number of aliphatic hydroxyl groups excluding tert-OH is 1. The van der Waals surface area contributed by atoms with Crippen molar-refractivity contribution in [2.24, 2.45) is 5.41 Å². The van der Waals surface area contributed by atoms with E-state index in [1.54, 1.807) is 101 Å². The van der Waals surface area contributed by atoms with Crippen molar-refractivity contribution in [1.82, 2.24) is 78.1 Å². The van der Waals surface area contributed by atoms with E-state index in [1.807, 2.05) is 0 Å². The fourth-order valence-electron chi connectivity index (χ4n) is 14.5. The number of thioether (sulfide) groups is 1. The number of halogens is 4. The smallest absolute Gasteiger partial charge is 0.463 e. The van der Waals surface area contributed by atoms with E-state index in [0.717, 1.165) is 11.8 Å². The lowest BCUT2D eigenvalue weighted by Gasteiger charge is -2.34. The second-order valence-corrected chi connectivity index (χ2v) is 43.4. The monoisotopic (exact) mass is 1990 g/mol. The number of carbonyl (C=O) groups excluding carboxylic acids is 4. The largest absolute Gasteiger partial charge is 0.475 e. The molecule has 48 nitrogen and oxygen atoms in total. The van der Waals surface area contributed by atoms with Gasteiger partial charge in [0.25, 0.3) is 0 Å².